The Hall–Kier alpha value is -1.28. The van der Waals surface area contributed by atoms with Crippen molar-refractivity contribution < 1.29 is 0 Å². The van der Waals surface area contributed by atoms with Crippen molar-refractivity contribution in [2.75, 3.05) is 5.88 Å². The Bertz CT molecular complexity index is 395. The summed E-state index contributed by atoms with van der Waals surface area (Å²) in [6, 6.07) is 10.0. The summed E-state index contributed by atoms with van der Waals surface area (Å²) in [6.45, 7) is 0. The minimum atomic E-state index is 0.639. The Labute approximate surface area is 88.1 Å². The molecule has 1 aromatic heterocycles. The minimum Gasteiger partial charge on any atom is -0.241 e. The van der Waals surface area contributed by atoms with Gasteiger partial charge in [-0.25, -0.2) is 4.68 Å². The van der Waals surface area contributed by atoms with Crippen molar-refractivity contribution in [2.45, 2.75) is 6.42 Å². The number of aryl methyl sites for hydroxylation is 1. The summed E-state index contributed by atoms with van der Waals surface area (Å²) in [7, 11) is 0. The highest BCUT2D eigenvalue weighted by molar-refractivity contribution is 6.17. The Morgan fingerprint density at radius 1 is 1.21 bits per heavy atom. The molecule has 0 fully saturated rings. The molecule has 0 atom stereocenters. The maximum Gasteiger partial charge on any atom is 0.0645 e. The van der Waals surface area contributed by atoms with Crippen LogP contribution in [0.2, 0.25) is 0 Å². The van der Waals surface area contributed by atoms with Crippen LogP contribution < -0.4 is 0 Å². The molecule has 1 aromatic carbocycles. The van der Waals surface area contributed by atoms with E-state index in [1.54, 1.807) is 0 Å². The van der Waals surface area contributed by atoms with Gasteiger partial charge in [0.15, 0.2) is 0 Å². The number of para-hydroxylation sites is 1. The maximum absolute atomic E-state index is 5.65. The third-order valence-corrected chi connectivity index (χ3v) is 2.23. The molecule has 0 aliphatic heterocycles. The first-order valence-corrected chi connectivity index (χ1v) is 5.08. The molecular formula is C11H11ClN2. The Balaban J connectivity index is 2.25. The van der Waals surface area contributed by atoms with Crippen LogP contribution in [-0.2, 0) is 6.42 Å². The van der Waals surface area contributed by atoms with E-state index >= 15 is 0 Å². The van der Waals surface area contributed by atoms with Crippen LogP contribution in [0, 0.1) is 0 Å². The van der Waals surface area contributed by atoms with Gasteiger partial charge < -0.3 is 0 Å². The normalized spacial score (nSPS) is 10.4. The Kier molecular flexibility index (Phi) is 2.84. The topological polar surface area (TPSA) is 17.8 Å². The smallest absolute Gasteiger partial charge is 0.0645 e. The SMILES string of the molecule is ClCCc1cnn(-c2ccccc2)c1. The summed E-state index contributed by atoms with van der Waals surface area (Å²) in [5.41, 5.74) is 2.25. The molecule has 14 heavy (non-hydrogen) atoms. The second-order valence-electron chi connectivity index (χ2n) is 3.07. The number of nitrogens with zero attached hydrogens (tertiary/aromatic N) is 2. The van der Waals surface area contributed by atoms with Crippen molar-refractivity contribution >= 4 is 11.6 Å². The molecule has 0 aliphatic rings. The molecule has 0 radical (unpaired) electrons. The molecule has 2 rings (SSSR count). The molecular weight excluding hydrogens is 196 g/mol. The molecule has 0 saturated heterocycles. The van der Waals surface area contributed by atoms with Crippen molar-refractivity contribution in [3.63, 3.8) is 0 Å². The summed E-state index contributed by atoms with van der Waals surface area (Å²) in [5, 5.41) is 4.26. The van der Waals surface area contributed by atoms with Gasteiger partial charge >= 0.3 is 0 Å². The zero-order chi connectivity index (χ0) is 9.80. The van der Waals surface area contributed by atoms with Crippen LogP contribution in [0.1, 0.15) is 5.56 Å². The molecule has 0 aliphatic carbocycles. The van der Waals surface area contributed by atoms with Gasteiger partial charge in [0.05, 0.1) is 11.9 Å². The highest BCUT2D eigenvalue weighted by Crippen LogP contribution is 2.08. The fourth-order valence-corrected chi connectivity index (χ4v) is 1.54. The lowest BCUT2D eigenvalue weighted by Gasteiger charge is -1.98. The summed E-state index contributed by atoms with van der Waals surface area (Å²) in [6.07, 6.45) is 4.74. The second kappa shape index (κ2) is 4.29. The van der Waals surface area contributed by atoms with Crippen molar-refractivity contribution in [1.29, 1.82) is 0 Å². The van der Waals surface area contributed by atoms with E-state index in [2.05, 4.69) is 5.10 Å². The van der Waals surface area contributed by atoms with E-state index in [9.17, 15) is 0 Å². The van der Waals surface area contributed by atoms with Crippen molar-refractivity contribution in [3.8, 4) is 5.69 Å². The van der Waals surface area contributed by atoms with E-state index in [4.69, 9.17) is 11.6 Å². The summed E-state index contributed by atoms with van der Waals surface area (Å²) < 4.78 is 1.86. The van der Waals surface area contributed by atoms with E-state index in [-0.39, 0.29) is 0 Å². The third-order valence-electron chi connectivity index (χ3n) is 2.04. The fourth-order valence-electron chi connectivity index (χ4n) is 1.32. The number of halogens is 1. The monoisotopic (exact) mass is 206 g/mol. The average Bonchev–Trinajstić information content (AvgIpc) is 2.68. The quantitative estimate of drug-likeness (QED) is 0.706. The molecule has 0 saturated carbocycles. The van der Waals surface area contributed by atoms with Crippen LogP contribution >= 0.6 is 11.6 Å². The summed E-state index contributed by atoms with van der Waals surface area (Å²) in [5.74, 6) is 0.639. The lowest BCUT2D eigenvalue weighted by molar-refractivity contribution is 0.880. The van der Waals surface area contributed by atoms with Crippen molar-refractivity contribution in [1.82, 2.24) is 9.78 Å². The van der Waals surface area contributed by atoms with Gasteiger partial charge in [0, 0.05) is 12.1 Å². The lowest BCUT2D eigenvalue weighted by Crippen LogP contribution is -1.92. The lowest BCUT2D eigenvalue weighted by atomic mass is 10.3. The predicted octanol–water partition coefficient (Wildman–Crippen LogP) is 2.65. The molecule has 3 heteroatoms. The third kappa shape index (κ3) is 1.96. The molecule has 0 amide bonds. The zero-order valence-corrected chi connectivity index (χ0v) is 8.48. The van der Waals surface area contributed by atoms with Crippen LogP contribution in [0.5, 0.6) is 0 Å². The van der Waals surface area contributed by atoms with Crippen molar-refractivity contribution in [3.05, 3.63) is 48.3 Å². The fraction of sp³-hybridized carbons (Fsp3) is 0.182. The van der Waals surface area contributed by atoms with E-state index in [0.29, 0.717) is 5.88 Å². The van der Waals surface area contributed by atoms with E-state index in [1.807, 2.05) is 47.4 Å². The van der Waals surface area contributed by atoms with Crippen molar-refractivity contribution in [2.24, 2.45) is 0 Å². The summed E-state index contributed by atoms with van der Waals surface area (Å²) in [4.78, 5) is 0. The van der Waals surface area contributed by atoms with E-state index in [1.165, 1.54) is 5.56 Å². The predicted molar refractivity (Wildman–Crippen MR) is 58.0 cm³/mol. The van der Waals surface area contributed by atoms with Gasteiger partial charge in [-0.2, -0.15) is 5.10 Å². The molecule has 72 valence electrons. The van der Waals surface area contributed by atoms with E-state index in [0.717, 1.165) is 12.1 Å². The van der Waals surface area contributed by atoms with Gasteiger partial charge in [-0.15, -0.1) is 11.6 Å². The largest absolute Gasteiger partial charge is 0.241 e. The van der Waals surface area contributed by atoms with Gasteiger partial charge in [0.2, 0.25) is 0 Å². The minimum absolute atomic E-state index is 0.639. The van der Waals surface area contributed by atoms with Gasteiger partial charge in [-0.05, 0) is 24.1 Å². The maximum atomic E-state index is 5.65. The number of benzene rings is 1. The Morgan fingerprint density at radius 2 is 2.00 bits per heavy atom. The van der Waals surface area contributed by atoms with Crippen LogP contribution in [0.3, 0.4) is 0 Å². The van der Waals surface area contributed by atoms with Gasteiger partial charge in [-0.1, -0.05) is 18.2 Å². The molecule has 2 nitrogen and oxygen atoms in total. The van der Waals surface area contributed by atoms with E-state index < -0.39 is 0 Å². The van der Waals surface area contributed by atoms with Crippen LogP contribution in [0.4, 0.5) is 0 Å². The number of rotatable bonds is 3. The highest BCUT2D eigenvalue weighted by Gasteiger charge is 1.98. The first-order valence-electron chi connectivity index (χ1n) is 4.55. The highest BCUT2D eigenvalue weighted by atomic mass is 35.5. The molecule has 0 N–H and O–H groups in total. The number of alkyl halides is 1. The second-order valence-corrected chi connectivity index (χ2v) is 3.45. The molecule has 1 heterocycles. The Morgan fingerprint density at radius 3 is 2.71 bits per heavy atom. The zero-order valence-electron chi connectivity index (χ0n) is 7.73. The van der Waals surface area contributed by atoms with Gasteiger partial charge in [0.25, 0.3) is 0 Å². The van der Waals surface area contributed by atoms with Gasteiger partial charge in [0.1, 0.15) is 0 Å². The standard InChI is InChI=1S/C11H11ClN2/c12-7-6-10-8-13-14(9-10)11-4-2-1-3-5-11/h1-5,8-9H,6-7H2. The first-order chi connectivity index (χ1) is 6.90. The van der Waals surface area contributed by atoms with Crippen LogP contribution in [0.25, 0.3) is 5.69 Å². The summed E-state index contributed by atoms with van der Waals surface area (Å²) >= 11 is 5.65. The molecule has 2 aromatic rings. The number of hydrogen-bond donors (Lipinski definition) is 0. The molecule has 0 spiro atoms. The first kappa shape index (κ1) is 9.28. The van der Waals surface area contributed by atoms with Crippen LogP contribution in [-0.4, -0.2) is 15.7 Å². The number of aromatic nitrogens is 2. The number of hydrogen-bond acceptors (Lipinski definition) is 1. The van der Waals surface area contributed by atoms with Gasteiger partial charge in [-0.3, -0.25) is 0 Å². The van der Waals surface area contributed by atoms with Crippen LogP contribution in [0.15, 0.2) is 42.7 Å². The average molecular weight is 207 g/mol. The molecule has 0 unspecified atom stereocenters. The molecule has 0 bridgehead atoms.